The zero-order valence-electron chi connectivity index (χ0n) is 17.2. The summed E-state index contributed by atoms with van der Waals surface area (Å²) in [6, 6.07) is 2.99. The third kappa shape index (κ3) is 6.44. The molecule has 7 heteroatoms. The molecule has 0 fully saturated rings. The number of aromatic hydroxyl groups is 1. The molecule has 1 N–H and O–H groups in total. The van der Waals surface area contributed by atoms with Gasteiger partial charge in [0.1, 0.15) is 30.0 Å². The second kappa shape index (κ2) is 10.8. The van der Waals surface area contributed by atoms with Crippen molar-refractivity contribution in [2.45, 2.75) is 38.9 Å². The highest BCUT2D eigenvalue weighted by Crippen LogP contribution is 2.30. The Morgan fingerprint density at radius 3 is 2.59 bits per heavy atom. The average Bonchev–Trinajstić information content (AvgIpc) is 2.69. The van der Waals surface area contributed by atoms with Gasteiger partial charge in [0.25, 0.3) is 0 Å². The molecule has 0 spiro atoms. The summed E-state index contributed by atoms with van der Waals surface area (Å²) in [5.74, 6) is -0.706. The van der Waals surface area contributed by atoms with Crippen LogP contribution in [-0.4, -0.2) is 50.1 Å². The number of carbonyl (C=O) groups is 2. The van der Waals surface area contributed by atoms with E-state index >= 15 is 0 Å². The molecule has 0 aromatic heterocycles. The quantitative estimate of drug-likeness (QED) is 0.606. The fourth-order valence-electron chi connectivity index (χ4n) is 2.81. The Morgan fingerprint density at radius 1 is 1.14 bits per heavy atom. The van der Waals surface area contributed by atoms with Gasteiger partial charge in [0.15, 0.2) is 5.78 Å². The highest BCUT2D eigenvalue weighted by atomic mass is 16.7. The molecule has 0 amide bonds. The number of rotatable bonds is 4. The maximum atomic E-state index is 12.8. The Kier molecular flexibility index (Phi) is 8.42. The lowest BCUT2D eigenvalue weighted by Crippen LogP contribution is -2.22. The average molecular weight is 404 g/mol. The van der Waals surface area contributed by atoms with Crippen molar-refractivity contribution in [1.29, 1.82) is 0 Å². The summed E-state index contributed by atoms with van der Waals surface area (Å²) in [5, 5.41) is 10.4. The van der Waals surface area contributed by atoms with E-state index < -0.39 is 18.2 Å². The van der Waals surface area contributed by atoms with Gasteiger partial charge in [-0.15, -0.1) is 0 Å². The van der Waals surface area contributed by atoms with Crippen LogP contribution < -0.4 is 4.74 Å². The van der Waals surface area contributed by atoms with E-state index in [0.29, 0.717) is 24.2 Å². The molecule has 0 saturated carbocycles. The Balaban J connectivity index is 2.48. The number of allylic oxidation sites excluding steroid dienone is 1. The van der Waals surface area contributed by atoms with Crippen molar-refractivity contribution in [3.05, 3.63) is 41.5 Å². The molecule has 158 valence electrons. The smallest absolute Gasteiger partial charge is 0.342 e. The SMILES string of the molecule is COCOC1/C=C/c2cc(OC)cc(O)c2C(=O)O[C@@H](C)[C@H](C)/C=C\C(=O)CC1. The number of fused-ring (bicyclic) bond motifs is 1. The van der Waals surface area contributed by atoms with Gasteiger partial charge >= 0.3 is 5.97 Å². The lowest BCUT2D eigenvalue weighted by molar-refractivity contribution is -0.115. The summed E-state index contributed by atoms with van der Waals surface area (Å²) < 4.78 is 21.3. The van der Waals surface area contributed by atoms with Crippen molar-refractivity contribution in [3.63, 3.8) is 0 Å². The molecule has 1 aromatic carbocycles. The van der Waals surface area contributed by atoms with Crippen LogP contribution >= 0.6 is 0 Å². The van der Waals surface area contributed by atoms with Crippen LogP contribution in [0.4, 0.5) is 0 Å². The monoisotopic (exact) mass is 404 g/mol. The molecule has 1 aromatic rings. The first-order chi connectivity index (χ1) is 13.8. The van der Waals surface area contributed by atoms with E-state index in [4.69, 9.17) is 18.9 Å². The van der Waals surface area contributed by atoms with E-state index in [0.717, 1.165) is 0 Å². The molecule has 0 radical (unpaired) electrons. The van der Waals surface area contributed by atoms with Gasteiger partial charge in [-0.3, -0.25) is 4.79 Å². The molecule has 1 unspecified atom stereocenters. The molecule has 1 heterocycles. The number of phenols is 1. The van der Waals surface area contributed by atoms with E-state index in [2.05, 4.69) is 0 Å². The van der Waals surface area contributed by atoms with Crippen molar-refractivity contribution in [3.8, 4) is 11.5 Å². The Labute approximate surface area is 170 Å². The lowest BCUT2D eigenvalue weighted by Gasteiger charge is -2.20. The predicted octanol–water partition coefficient (Wildman–Crippen LogP) is 3.50. The van der Waals surface area contributed by atoms with E-state index in [1.807, 2.05) is 6.92 Å². The first-order valence-electron chi connectivity index (χ1n) is 9.47. The van der Waals surface area contributed by atoms with Gasteiger partial charge in [0.05, 0.1) is 13.2 Å². The number of ketones is 1. The Hall–Kier alpha value is -2.64. The number of methoxy groups -OCH3 is 2. The third-order valence-corrected chi connectivity index (χ3v) is 4.75. The molecule has 1 aliphatic heterocycles. The fourth-order valence-corrected chi connectivity index (χ4v) is 2.81. The van der Waals surface area contributed by atoms with Gasteiger partial charge in [-0.05, 0) is 31.1 Å². The molecule has 1 aliphatic rings. The second-order valence-electron chi connectivity index (χ2n) is 6.92. The van der Waals surface area contributed by atoms with Crippen LogP contribution in [0.2, 0.25) is 0 Å². The van der Waals surface area contributed by atoms with Crippen LogP contribution in [0.3, 0.4) is 0 Å². The highest BCUT2D eigenvalue weighted by Gasteiger charge is 2.23. The van der Waals surface area contributed by atoms with Gasteiger partial charge in [-0.2, -0.15) is 0 Å². The minimum absolute atomic E-state index is 0.0356. The third-order valence-electron chi connectivity index (χ3n) is 4.75. The van der Waals surface area contributed by atoms with E-state index in [1.54, 1.807) is 31.2 Å². The summed E-state index contributed by atoms with van der Waals surface area (Å²) >= 11 is 0. The normalized spacial score (nSPS) is 25.4. The molecular weight excluding hydrogens is 376 g/mol. The van der Waals surface area contributed by atoms with Crippen molar-refractivity contribution in [2.75, 3.05) is 21.0 Å². The largest absolute Gasteiger partial charge is 0.507 e. The topological polar surface area (TPSA) is 91.3 Å². The summed E-state index contributed by atoms with van der Waals surface area (Å²) in [6.07, 6.45) is 6.46. The summed E-state index contributed by atoms with van der Waals surface area (Å²) in [7, 11) is 2.98. The molecule has 3 atom stereocenters. The van der Waals surface area contributed by atoms with Crippen LogP contribution in [0, 0.1) is 5.92 Å². The van der Waals surface area contributed by atoms with Crippen molar-refractivity contribution in [1.82, 2.24) is 0 Å². The van der Waals surface area contributed by atoms with Gasteiger partial charge in [-0.25, -0.2) is 4.79 Å². The fraction of sp³-hybridized carbons (Fsp3) is 0.455. The number of hydrogen-bond donors (Lipinski definition) is 1. The van der Waals surface area contributed by atoms with Crippen molar-refractivity contribution >= 4 is 17.8 Å². The zero-order chi connectivity index (χ0) is 21.4. The Bertz CT molecular complexity index is 782. The van der Waals surface area contributed by atoms with Crippen LogP contribution in [0.15, 0.2) is 30.4 Å². The summed E-state index contributed by atoms with van der Waals surface area (Å²) in [6.45, 7) is 3.66. The first kappa shape index (κ1) is 22.6. The summed E-state index contributed by atoms with van der Waals surface area (Å²) in [4.78, 5) is 24.9. The minimum atomic E-state index is -0.657. The number of carbonyl (C=O) groups excluding carboxylic acids is 2. The van der Waals surface area contributed by atoms with E-state index in [9.17, 15) is 14.7 Å². The first-order valence-corrected chi connectivity index (χ1v) is 9.47. The van der Waals surface area contributed by atoms with Gasteiger partial charge in [-0.1, -0.05) is 25.2 Å². The van der Waals surface area contributed by atoms with E-state index in [-0.39, 0.29) is 29.8 Å². The highest BCUT2D eigenvalue weighted by molar-refractivity contribution is 5.97. The summed E-state index contributed by atoms with van der Waals surface area (Å²) in [5.41, 5.74) is 0.473. The maximum absolute atomic E-state index is 12.8. The molecule has 0 saturated heterocycles. The number of esters is 1. The lowest BCUT2D eigenvalue weighted by atomic mass is 10.0. The van der Waals surface area contributed by atoms with Gasteiger partial charge < -0.3 is 24.1 Å². The number of benzene rings is 1. The van der Waals surface area contributed by atoms with Gasteiger partial charge in [0.2, 0.25) is 0 Å². The second-order valence-corrected chi connectivity index (χ2v) is 6.92. The molecular formula is C22H28O7. The molecule has 0 bridgehead atoms. The number of ether oxygens (including phenoxy) is 4. The molecule has 7 nitrogen and oxygen atoms in total. The molecule has 0 aliphatic carbocycles. The Morgan fingerprint density at radius 2 is 1.90 bits per heavy atom. The van der Waals surface area contributed by atoms with Crippen molar-refractivity contribution in [2.24, 2.45) is 5.92 Å². The number of phenolic OH excluding ortho intramolecular Hbond substituents is 1. The minimum Gasteiger partial charge on any atom is -0.507 e. The predicted molar refractivity (Wildman–Crippen MR) is 108 cm³/mol. The van der Waals surface area contributed by atoms with Crippen LogP contribution in [0.25, 0.3) is 6.08 Å². The van der Waals surface area contributed by atoms with E-state index in [1.165, 1.54) is 26.4 Å². The number of hydrogen-bond acceptors (Lipinski definition) is 7. The molecule has 29 heavy (non-hydrogen) atoms. The van der Waals surface area contributed by atoms with Gasteiger partial charge in [0, 0.05) is 25.5 Å². The van der Waals surface area contributed by atoms with Crippen LogP contribution in [0.5, 0.6) is 11.5 Å². The zero-order valence-corrected chi connectivity index (χ0v) is 17.2. The van der Waals surface area contributed by atoms with Crippen LogP contribution in [-0.2, 0) is 19.0 Å². The molecule has 2 rings (SSSR count). The maximum Gasteiger partial charge on any atom is 0.342 e. The van der Waals surface area contributed by atoms with Crippen molar-refractivity contribution < 1.29 is 33.6 Å². The van der Waals surface area contributed by atoms with Crippen LogP contribution in [0.1, 0.15) is 42.6 Å². The standard InChI is InChI=1S/C22H28O7/c1-14-5-7-17(23)8-10-18(28-13-26-3)9-6-16-11-19(27-4)12-20(24)21(16)22(25)29-15(14)2/h5-7,9,11-12,14-15,18,24H,8,10,13H2,1-4H3/b7-5-,9-6+/t14-,15+,18?/m1/s1. The number of cyclic esters (lactones) is 1.